The van der Waals surface area contributed by atoms with Crippen molar-refractivity contribution in [3.8, 4) is 11.5 Å². The molecule has 1 aromatic carbocycles. The molecule has 5 heteroatoms. The van der Waals surface area contributed by atoms with E-state index in [4.69, 9.17) is 9.47 Å². The van der Waals surface area contributed by atoms with Crippen molar-refractivity contribution in [2.75, 3.05) is 26.8 Å². The van der Waals surface area contributed by atoms with Gasteiger partial charge in [-0.15, -0.1) is 0 Å². The molecule has 2 N–H and O–H groups in total. The number of aliphatic hydroxyl groups excluding tert-OH is 1. The minimum absolute atomic E-state index is 0.213. The number of hydrogen-bond donors (Lipinski definition) is 2. The van der Waals surface area contributed by atoms with Gasteiger partial charge in [-0.05, 0) is 67.7 Å². The highest BCUT2D eigenvalue weighted by molar-refractivity contribution is 5.49. The molecule has 28 heavy (non-hydrogen) atoms. The number of nitrogens with zero attached hydrogens (tertiary/aromatic N) is 1. The number of benzene rings is 1. The average molecular weight is 392 g/mol. The van der Waals surface area contributed by atoms with E-state index in [-0.39, 0.29) is 24.2 Å². The van der Waals surface area contributed by atoms with Crippen molar-refractivity contribution < 1.29 is 19.7 Å². The molecule has 0 bridgehead atoms. The van der Waals surface area contributed by atoms with Crippen LogP contribution in [0.5, 0.6) is 11.5 Å². The first-order valence-corrected chi connectivity index (χ1v) is 10.4. The van der Waals surface area contributed by atoms with Crippen molar-refractivity contribution in [3.63, 3.8) is 0 Å². The monoisotopic (exact) mass is 391 g/mol. The summed E-state index contributed by atoms with van der Waals surface area (Å²) in [6.07, 6.45) is 2.49. The lowest BCUT2D eigenvalue weighted by atomic mass is 9.75. The van der Waals surface area contributed by atoms with E-state index >= 15 is 0 Å². The summed E-state index contributed by atoms with van der Waals surface area (Å²) in [7, 11) is 1.65. The van der Waals surface area contributed by atoms with Crippen molar-refractivity contribution in [1.29, 1.82) is 0 Å². The maximum Gasteiger partial charge on any atom is 0.161 e. The van der Waals surface area contributed by atoms with Crippen molar-refractivity contribution in [2.24, 2.45) is 11.3 Å². The summed E-state index contributed by atoms with van der Waals surface area (Å²) >= 11 is 0. The molecule has 158 valence electrons. The summed E-state index contributed by atoms with van der Waals surface area (Å²) in [5, 5.41) is 20.8. The second kappa shape index (κ2) is 7.85. The number of piperidine rings is 1. The molecule has 3 atom stereocenters. The maximum atomic E-state index is 10.8. The SMILES string of the molecule is COc1cc2c(cc1OCC(C)(C)O)CCN1CC(CC(C)(C)C)C(O)CC21. The second-order valence-electron chi connectivity index (χ2n) is 10.4. The van der Waals surface area contributed by atoms with Crippen LogP contribution < -0.4 is 9.47 Å². The van der Waals surface area contributed by atoms with Gasteiger partial charge < -0.3 is 19.7 Å². The van der Waals surface area contributed by atoms with Crippen molar-refractivity contribution in [2.45, 2.75) is 71.6 Å². The Kier molecular flexibility index (Phi) is 6.00. The summed E-state index contributed by atoms with van der Waals surface area (Å²) in [6.45, 7) is 12.4. The normalized spacial score (nSPS) is 25.8. The number of ether oxygens (including phenoxy) is 2. The van der Waals surface area contributed by atoms with Gasteiger partial charge >= 0.3 is 0 Å². The lowest BCUT2D eigenvalue weighted by Gasteiger charge is -2.47. The van der Waals surface area contributed by atoms with Gasteiger partial charge in [0, 0.05) is 19.1 Å². The van der Waals surface area contributed by atoms with E-state index in [1.807, 2.05) is 0 Å². The van der Waals surface area contributed by atoms with Crippen LogP contribution in [0, 0.1) is 11.3 Å². The number of methoxy groups -OCH3 is 1. The van der Waals surface area contributed by atoms with Crippen LogP contribution in [0.25, 0.3) is 0 Å². The summed E-state index contributed by atoms with van der Waals surface area (Å²) in [6, 6.07) is 4.36. The molecular weight excluding hydrogens is 354 g/mol. The van der Waals surface area contributed by atoms with Crippen LogP contribution in [0.2, 0.25) is 0 Å². The number of aliphatic hydroxyl groups is 2. The molecule has 5 nitrogen and oxygen atoms in total. The molecule has 2 aliphatic rings. The molecule has 0 amide bonds. The van der Waals surface area contributed by atoms with Gasteiger partial charge in [0.25, 0.3) is 0 Å². The molecule has 0 aliphatic carbocycles. The zero-order valence-corrected chi connectivity index (χ0v) is 18.3. The lowest BCUT2D eigenvalue weighted by Crippen LogP contribution is -2.48. The van der Waals surface area contributed by atoms with Gasteiger partial charge in [-0.25, -0.2) is 0 Å². The predicted molar refractivity (Wildman–Crippen MR) is 111 cm³/mol. The Morgan fingerprint density at radius 1 is 1.14 bits per heavy atom. The van der Waals surface area contributed by atoms with Crippen LogP contribution in [0.1, 0.15) is 64.6 Å². The number of fused-ring (bicyclic) bond motifs is 3. The van der Waals surface area contributed by atoms with Gasteiger partial charge in [-0.3, -0.25) is 4.90 Å². The Balaban J connectivity index is 1.82. The van der Waals surface area contributed by atoms with Crippen LogP contribution in [-0.4, -0.2) is 53.6 Å². The van der Waals surface area contributed by atoms with Crippen molar-refractivity contribution in [3.05, 3.63) is 23.3 Å². The van der Waals surface area contributed by atoms with Crippen LogP contribution >= 0.6 is 0 Å². The maximum absolute atomic E-state index is 10.8. The van der Waals surface area contributed by atoms with Gasteiger partial charge in [0.05, 0.1) is 18.8 Å². The van der Waals surface area contributed by atoms with Crippen LogP contribution in [-0.2, 0) is 6.42 Å². The molecule has 0 saturated carbocycles. The largest absolute Gasteiger partial charge is 0.493 e. The van der Waals surface area contributed by atoms with E-state index in [0.29, 0.717) is 17.4 Å². The van der Waals surface area contributed by atoms with E-state index < -0.39 is 5.60 Å². The minimum atomic E-state index is -0.896. The van der Waals surface area contributed by atoms with E-state index in [1.54, 1.807) is 21.0 Å². The molecule has 2 aliphatic heterocycles. The average Bonchev–Trinajstić information content (AvgIpc) is 2.58. The molecule has 2 heterocycles. The van der Waals surface area contributed by atoms with Gasteiger partial charge in [-0.1, -0.05) is 20.8 Å². The topological polar surface area (TPSA) is 62.2 Å². The zero-order chi connectivity index (χ0) is 20.7. The number of hydrogen-bond acceptors (Lipinski definition) is 5. The third-order valence-corrected chi connectivity index (χ3v) is 5.83. The Hall–Kier alpha value is -1.30. The molecule has 1 fully saturated rings. The highest BCUT2D eigenvalue weighted by Crippen LogP contribution is 2.44. The third-order valence-electron chi connectivity index (χ3n) is 5.83. The zero-order valence-electron chi connectivity index (χ0n) is 18.3. The van der Waals surface area contributed by atoms with Crippen molar-refractivity contribution >= 4 is 0 Å². The fourth-order valence-electron chi connectivity index (χ4n) is 4.61. The summed E-state index contributed by atoms with van der Waals surface area (Å²) < 4.78 is 11.4. The smallest absolute Gasteiger partial charge is 0.161 e. The quantitative estimate of drug-likeness (QED) is 0.804. The molecular formula is C23H37NO4. The van der Waals surface area contributed by atoms with E-state index in [2.05, 4.69) is 37.8 Å². The van der Waals surface area contributed by atoms with E-state index in [1.165, 1.54) is 11.1 Å². The Bertz CT molecular complexity index is 689. The Labute approximate surface area is 169 Å². The Morgan fingerprint density at radius 3 is 2.46 bits per heavy atom. The van der Waals surface area contributed by atoms with Crippen LogP contribution in [0.3, 0.4) is 0 Å². The molecule has 0 aromatic heterocycles. The standard InChI is InChI=1S/C23H37NO4/c1-22(2,3)12-16-13-24-8-7-15-9-21(28-14-23(4,5)26)20(27-6)10-17(15)18(24)11-19(16)25/h9-10,16,18-19,25-26H,7-8,11-14H2,1-6H3. The fraction of sp³-hybridized carbons (Fsp3) is 0.739. The van der Waals surface area contributed by atoms with Gasteiger partial charge in [-0.2, -0.15) is 0 Å². The lowest BCUT2D eigenvalue weighted by molar-refractivity contribution is -0.0259. The minimum Gasteiger partial charge on any atom is -0.493 e. The molecule has 0 spiro atoms. The first-order chi connectivity index (χ1) is 13.0. The van der Waals surface area contributed by atoms with E-state index in [9.17, 15) is 10.2 Å². The van der Waals surface area contributed by atoms with Crippen molar-refractivity contribution in [1.82, 2.24) is 4.90 Å². The molecule has 1 aromatic rings. The first-order valence-electron chi connectivity index (χ1n) is 10.4. The second-order valence-corrected chi connectivity index (χ2v) is 10.4. The summed E-state index contributed by atoms with van der Waals surface area (Å²) in [5.74, 6) is 1.70. The first kappa shape index (κ1) is 21.4. The Morgan fingerprint density at radius 2 is 1.86 bits per heavy atom. The molecule has 3 rings (SSSR count). The molecule has 0 radical (unpaired) electrons. The summed E-state index contributed by atoms with van der Waals surface area (Å²) in [5.41, 5.74) is 1.83. The number of rotatable bonds is 5. The molecule has 1 saturated heterocycles. The van der Waals surface area contributed by atoms with Gasteiger partial charge in [0.15, 0.2) is 11.5 Å². The van der Waals surface area contributed by atoms with Crippen LogP contribution in [0.15, 0.2) is 12.1 Å². The van der Waals surface area contributed by atoms with Crippen LogP contribution in [0.4, 0.5) is 0 Å². The third kappa shape index (κ3) is 5.00. The fourth-order valence-corrected chi connectivity index (χ4v) is 4.61. The van der Waals surface area contributed by atoms with Gasteiger partial charge in [0.1, 0.15) is 6.61 Å². The van der Waals surface area contributed by atoms with Gasteiger partial charge in [0.2, 0.25) is 0 Å². The highest BCUT2D eigenvalue weighted by Gasteiger charge is 2.39. The van der Waals surface area contributed by atoms with E-state index in [0.717, 1.165) is 32.4 Å². The summed E-state index contributed by atoms with van der Waals surface area (Å²) in [4.78, 5) is 2.53. The predicted octanol–water partition coefficient (Wildman–Crippen LogP) is 3.56. The highest BCUT2D eigenvalue weighted by atomic mass is 16.5. The molecule has 3 unspecified atom stereocenters.